The van der Waals surface area contributed by atoms with E-state index >= 15 is 0 Å². The molecule has 4 rings (SSSR count). The highest BCUT2D eigenvalue weighted by Gasteiger charge is 2.25. The zero-order chi connectivity index (χ0) is 18.1. The Bertz CT molecular complexity index is 914. The van der Waals surface area contributed by atoms with E-state index in [1.165, 1.54) is 0 Å². The van der Waals surface area contributed by atoms with E-state index in [1.807, 2.05) is 30.5 Å². The van der Waals surface area contributed by atoms with Gasteiger partial charge in [-0.25, -0.2) is 9.97 Å². The number of halogens is 1. The SMILES string of the molecule is NC1CCN(Cc2c[nH]c3ncnc(Nc4cccc(Br)c4)c23)CC1O. The van der Waals surface area contributed by atoms with E-state index < -0.39 is 6.10 Å². The predicted octanol–water partition coefficient (Wildman–Crippen LogP) is 2.36. The molecule has 7 nitrogen and oxygen atoms in total. The quantitative estimate of drug-likeness (QED) is 0.520. The second-order valence-corrected chi connectivity index (χ2v) is 7.57. The van der Waals surface area contributed by atoms with Gasteiger partial charge in [-0.2, -0.15) is 0 Å². The molecule has 1 aliphatic heterocycles. The number of hydrogen-bond acceptors (Lipinski definition) is 6. The number of aromatic nitrogens is 3. The highest BCUT2D eigenvalue weighted by Crippen LogP contribution is 2.28. The predicted molar refractivity (Wildman–Crippen MR) is 105 cm³/mol. The number of nitrogens with two attached hydrogens (primary N) is 1. The molecule has 5 N–H and O–H groups in total. The van der Waals surface area contributed by atoms with Gasteiger partial charge in [0.1, 0.15) is 17.8 Å². The first-order chi connectivity index (χ1) is 12.6. The lowest BCUT2D eigenvalue weighted by molar-refractivity contribution is 0.0501. The van der Waals surface area contributed by atoms with Gasteiger partial charge in [0.25, 0.3) is 0 Å². The zero-order valence-corrected chi connectivity index (χ0v) is 15.8. The second-order valence-electron chi connectivity index (χ2n) is 6.65. The lowest BCUT2D eigenvalue weighted by Crippen LogP contribution is -2.50. The molecule has 8 heteroatoms. The van der Waals surface area contributed by atoms with Crippen molar-refractivity contribution in [3.8, 4) is 0 Å². The maximum atomic E-state index is 10.0. The van der Waals surface area contributed by atoms with Crippen molar-refractivity contribution in [2.24, 2.45) is 5.73 Å². The van der Waals surface area contributed by atoms with Crippen LogP contribution >= 0.6 is 15.9 Å². The summed E-state index contributed by atoms with van der Waals surface area (Å²) in [5, 5.41) is 14.4. The Hall–Kier alpha value is -2.00. The first kappa shape index (κ1) is 17.4. The van der Waals surface area contributed by atoms with Crippen LogP contribution in [0.4, 0.5) is 11.5 Å². The summed E-state index contributed by atoms with van der Waals surface area (Å²) in [6, 6.07) is 7.82. The van der Waals surface area contributed by atoms with Crippen molar-refractivity contribution in [3.05, 3.63) is 46.8 Å². The molecular weight excluding hydrogens is 396 g/mol. The third-order valence-corrected chi connectivity index (χ3v) is 5.24. The Morgan fingerprint density at radius 3 is 3.08 bits per heavy atom. The van der Waals surface area contributed by atoms with Crippen molar-refractivity contribution in [1.82, 2.24) is 19.9 Å². The summed E-state index contributed by atoms with van der Waals surface area (Å²) in [5.41, 5.74) is 8.75. The zero-order valence-electron chi connectivity index (χ0n) is 14.2. The van der Waals surface area contributed by atoms with E-state index in [9.17, 15) is 5.11 Å². The van der Waals surface area contributed by atoms with E-state index in [0.29, 0.717) is 13.1 Å². The first-order valence-corrected chi connectivity index (χ1v) is 9.39. The second kappa shape index (κ2) is 7.32. The number of likely N-dealkylation sites (tertiary alicyclic amines) is 1. The van der Waals surface area contributed by atoms with Gasteiger partial charge in [-0.3, -0.25) is 4.90 Å². The summed E-state index contributed by atoms with van der Waals surface area (Å²) in [6.45, 7) is 2.16. The Labute approximate surface area is 159 Å². The summed E-state index contributed by atoms with van der Waals surface area (Å²) in [4.78, 5) is 14.2. The number of anilines is 2. The Morgan fingerprint density at radius 1 is 1.38 bits per heavy atom. The van der Waals surface area contributed by atoms with E-state index in [-0.39, 0.29) is 6.04 Å². The monoisotopic (exact) mass is 416 g/mol. The maximum absolute atomic E-state index is 10.0. The smallest absolute Gasteiger partial charge is 0.143 e. The van der Waals surface area contributed by atoms with Gasteiger partial charge in [-0.15, -0.1) is 0 Å². The lowest BCUT2D eigenvalue weighted by atomic mass is 10.0. The molecule has 1 saturated heterocycles. The molecule has 0 radical (unpaired) electrons. The fourth-order valence-electron chi connectivity index (χ4n) is 3.35. The van der Waals surface area contributed by atoms with Gasteiger partial charge in [0.05, 0.1) is 11.5 Å². The standard InChI is InChI=1S/C18H21BrN6O/c19-12-2-1-3-13(6-12)24-18-16-11(7-21-17(16)22-10-23-18)8-25-5-4-14(20)15(26)9-25/h1-3,6-7,10,14-15,26H,4-5,8-9,20H2,(H2,21,22,23,24). The number of benzene rings is 1. The van der Waals surface area contributed by atoms with Crippen molar-refractivity contribution in [2.75, 3.05) is 18.4 Å². The van der Waals surface area contributed by atoms with Crippen LogP contribution < -0.4 is 11.1 Å². The number of aliphatic hydroxyl groups excluding tert-OH is 1. The van der Waals surface area contributed by atoms with Crippen molar-refractivity contribution < 1.29 is 5.11 Å². The molecule has 1 aliphatic rings. The molecule has 0 amide bonds. The van der Waals surface area contributed by atoms with Crippen LogP contribution in [0.5, 0.6) is 0 Å². The lowest BCUT2D eigenvalue weighted by Gasteiger charge is -2.33. The highest BCUT2D eigenvalue weighted by atomic mass is 79.9. The van der Waals surface area contributed by atoms with Crippen LogP contribution in [0.3, 0.4) is 0 Å². The molecule has 0 spiro atoms. The topological polar surface area (TPSA) is 103 Å². The summed E-state index contributed by atoms with van der Waals surface area (Å²) in [7, 11) is 0. The Balaban J connectivity index is 1.62. The molecule has 1 fully saturated rings. The Morgan fingerprint density at radius 2 is 2.27 bits per heavy atom. The van der Waals surface area contributed by atoms with Gasteiger partial charge in [-0.1, -0.05) is 22.0 Å². The van der Waals surface area contributed by atoms with Crippen LogP contribution in [0.2, 0.25) is 0 Å². The molecule has 2 unspecified atom stereocenters. The van der Waals surface area contributed by atoms with Crippen LogP contribution in [-0.4, -0.2) is 50.2 Å². The van der Waals surface area contributed by atoms with Crippen molar-refractivity contribution in [2.45, 2.75) is 25.1 Å². The van der Waals surface area contributed by atoms with E-state index in [2.05, 4.69) is 41.1 Å². The number of aliphatic hydroxyl groups is 1. The minimum absolute atomic E-state index is 0.133. The summed E-state index contributed by atoms with van der Waals surface area (Å²) >= 11 is 3.49. The van der Waals surface area contributed by atoms with E-state index in [0.717, 1.165) is 45.5 Å². The molecule has 2 atom stereocenters. The summed E-state index contributed by atoms with van der Waals surface area (Å²) in [5.74, 6) is 0.763. The van der Waals surface area contributed by atoms with Crippen LogP contribution in [0.1, 0.15) is 12.0 Å². The largest absolute Gasteiger partial charge is 0.390 e. The number of nitrogens with zero attached hydrogens (tertiary/aromatic N) is 3. The third kappa shape index (κ3) is 3.59. The molecule has 0 bridgehead atoms. The van der Waals surface area contributed by atoms with Gasteiger partial charge in [0.2, 0.25) is 0 Å². The molecule has 3 aromatic rings. The van der Waals surface area contributed by atoms with Crippen LogP contribution in [0.15, 0.2) is 41.3 Å². The highest BCUT2D eigenvalue weighted by molar-refractivity contribution is 9.10. The fraction of sp³-hybridized carbons (Fsp3) is 0.333. The van der Waals surface area contributed by atoms with Gasteiger partial charge >= 0.3 is 0 Å². The number of piperidine rings is 1. The third-order valence-electron chi connectivity index (χ3n) is 4.75. The van der Waals surface area contributed by atoms with Crippen molar-refractivity contribution in [3.63, 3.8) is 0 Å². The van der Waals surface area contributed by atoms with Crippen molar-refractivity contribution in [1.29, 1.82) is 0 Å². The van der Waals surface area contributed by atoms with Crippen LogP contribution in [0.25, 0.3) is 11.0 Å². The van der Waals surface area contributed by atoms with Gasteiger partial charge < -0.3 is 21.1 Å². The number of nitrogens with one attached hydrogen (secondary N) is 2. The number of hydrogen-bond donors (Lipinski definition) is 4. The average molecular weight is 417 g/mol. The van der Waals surface area contributed by atoms with Gasteiger partial charge in [0, 0.05) is 42.0 Å². The van der Waals surface area contributed by atoms with Crippen LogP contribution in [0, 0.1) is 0 Å². The Kier molecular flexibility index (Phi) is 4.90. The summed E-state index contributed by atoms with van der Waals surface area (Å²) < 4.78 is 1.00. The molecule has 0 aliphatic carbocycles. The van der Waals surface area contributed by atoms with Gasteiger partial charge in [0.15, 0.2) is 0 Å². The minimum atomic E-state index is -0.482. The molecule has 26 heavy (non-hydrogen) atoms. The van der Waals surface area contributed by atoms with Crippen molar-refractivity contribution >= 4 is 38.5 Å². The van der Waals surface area contributed by atoms with E-state index in [1.54, 1.807) is 6.33 Å². The molecule has 0 saturated carbocycles. The number of β-amino-alcohol motifs (C(OH)–C–C–N with tert-alkyl or cyclic N) is 1. The molecular formula is C18H21BrN6O. The normalized spacial score (nSPS) is 21.2. The number of fused-ring (bicyclic) bond motifs is 1. The fourth-order valence-corrected chi connectivity index (χ4v) is 3.75. The van der Waals surface area contributed by atoms with Gasteiger partial charge in [-0.05, 0) is 30.2 Å². The van der Waals surface area contributed by atoms with Crippen LogP contribution in [-0.2, 0) is 6.54 Å². The molecule has 136 valence electrons. The number of H-pyrrole nitrogens is 1. The molecule has 1 aromatic carbocycles. The maximum Gasteiger partial charge on any atom is 0.143 e. The van der Waals surface area contributed by atoms with E-state index in [4.69, 9.17) is 5.73 Å². The first-order valence-electron chi connectivity index (χ1n) is 8.59. The summed E-state index contributed by atoms with van der Waals surface area (Å²) in [6.07, 6.45) is 3.83. The number of rotatable bonds is 4. The minimum Gasteiger partial charge on any atom is -0.390 e. The number of aromatic amines is 1. The molecule has 3 heterocycles. The average Bonchev–Trinajstić information content (AvgIpc) is 3.02. The molecule has 2 aromatic heterocycles.